The van der Waals surface area contributed by atoms with Gasteiger partial charge in [0.2, 0.25) is 0 Å². The van der Waals surface area contributed by atoms with Crippen molar-refractivity contribution in [2.45, 2.75) is 81.3 Å². The Labute approximate surface area is 124 Å². The Morgan fingerprint density at radius 2 is 1.43 bits per heavy atom. The van der Waals surface area contributed by atoms with E-state index in [0.717, 1.165) is 19.3 Å². The molecule has 0 aromatic carbocycles. The highest BCUT2D eigenvalue weighted by Gasteiger charge is 2.52. The molecule has 6 N–H and O–H groups in total. The molecule has 9 unspecified atom stereocenters. The third-order valence-electron chi connectivity index (χ3n) is 5.69. The molecule has 9 atom stereocenters. The third-order valence-corrected chi connectivity index (χ3v) is 5.69. The van der Waals surface area contributed by atoms with Crippen LogP contribution in [0.1, 0.15) is 38.5 Å². The van der Waals surface area contributed by atoms with E-state index in [2.05, 4.69) is 0 Å². The Kier molecular flexibility index (Phi) is 4.55. The van der Waals surface area contributed by atoms with Gasteiger partial charge in [0.25, 0.3) is 0 Å². The van der Waals surface area contributed by atoms with Crippen LogP contribution in [0.5, 0.6) is 0 Å². The normalized spacial score (nSPS) is 55.0. The molecule has 1 heterocycles. The molecule has 0 aromatic heterocycles. The molecule has 1 saturated heterocycles. The van der Waals surface area contributed by atoms with Gasteiger partial charge in [0.15, 0.2) is 18.3 Å². The van der Waals surface area contributed by atoms with Gasteiger partial charge in [0.05, 0.1) is 30.3 Å². The zero-order chi connectivity index (χ0) is 15.1. The van der Waals surface area contributed by atoms with Gasteiger partial charge in [-0.1, -0.05) is 0 Å². The highest BCUT2D eigenvalue weighted by molar-refractivity contribution is 4.97. The molecule has 1 aliphatic heterocycles. The van der Waals surface area contributed by atoms with E-state index in [4.69, 9.17) is 4.74 Å². The topological polar surface area (TPSA) is 114 Å². The molecule has 0 radical (unpaired) electrons. The fourth-order valence-electron chi connectivity index (χ4n) is 4.36. The highest BCUT2D eigenvalue weighted by Crippen LogP contribution is 2.39. The van der Waals surface area contributed by atoms with Crippen molar-refractivity contribution in [1.29, 1.82) is 0 Å². The summed E-state index contributed by atoms with van der Waals surface area (Å²) >= 11 is 0. The van der Waals surface area contributed by atoms with Crippen molar-refractivity contribution in [3.8, 4) is 0 Å². The minimum absolute atomic E-state index is 0.0422. The van der Waals surface area contributed by atoms with Crippen molar-refractivity contribution in [3.63, 3.8) is 0 Å². The van der Waals surface area contributed by atoms with Gasteiger partial charge in [-0.3, -0.25) is 0 Å². The molecule has 3 fully saturated rings. The maximum Gasteiger partial charge on any atom is 0.189 e. The average Bonchev–Trinajstić information content (AvgIpc) is 2.47. The monoisotopic (exact) mass is 303 g/mol. The summed E-state index contributed by atoms with van der Waals surface area (Å²) in [5.41, 5.74) is 0. The highest BCUT2D eigenvalue weighted by atomic mass is 16.5. The second-order valence-electron chi connectivity index (χ2n) is 7.02. The fraction of sp³-hybridized carbons (Fsp3) is 1.00. The largest absolute Gasteiger partial charge is 0.427 e. The van der Waals surface area contributed by atoms with E-state index < -0.39 is 36.6 Å². The predicted octanol–water partition coefficient (Wildman–Crippen LogP) is -1.33. The van der Waals surface area contributed by atoms with Crippen LogP contribution >= 0.6 is 0 Å². The zero-order valence-electron chi connectivity index (χ0n) is 12.1. The Balaban J connectivity index is 1.65. The first-order valence-electron chi connectivity index (χ1n) is 8.07. The van der Waals surface area contributed by atoms with Gasteiger partial charge in [0.1, 0.15) is 0 Å². The Morgan fingerprint density at radius 1 is 0.667 bits per heavy atom. The van der Waals surface area contributed by atoms with Gasteiger partial charge >= 0.3 is 0 Å². The molecule has 3 aliphatic rings. The molecule has 0 aromatic rings. The minimum atomic E-state index is -0.914. The van der Waals surface area contributed by atoms with Gasteiger partial charge in [-0.2, -0.15) is 0 Å². The van der Waals surface area contributed by atoms with Crippen molar-refractivity contribution in [1.82, 2.24) is 0 Å². The lowest BCUT2D eigenvalue weighted by molar-refractivity contribution is -0.298. The molecule has 21 heavy (non-hydrogen) atoms. The first kappa shape index (κ1) is 15.6. The summed E-state index contributed by atoms with van der Waals surface area (Å²) in [5, 5.41) is 49.5. The fourth-order valence-corrected chi connectivity index (χ4v) is 4.36. The molecule has 2 saturated carbocycles. The first-order valence-corrected chi connectivity index (χ1v) is 8.07. The van der Waals surface area contributed by atoms with E-state index in [9.17, 15) is 25.5 Å². The van der Waals surface area contributed by atoms with Crippen molar-refractivity contribution in [2.24, 2.45) is 11.8 Å². The Morgan fingerprint density at radius 3 is 2.14 bits per heavy atom. The van der Waals surface area contributed by atoms with Crippen LogP contribution in [-0.2, 0) is 0 Å². The summed E-state index contributed by atoms with van der Waals surface area (Å²) in [6.07, 6.45) is -0.319. The van der Waals surface area contributed by atoms with E-state index in [1.807, 2.05) is 0 Å². The SMILES string of the molecule is OC1CCC(C2CCC3C(O)CC(O)C(O)C3[OH+]2)CC1O. The van der Waals surface area contributed by atoms with Crippen LogP contribution in [0.25, 0.3) is 0 Å². The van der Waals surface area contributed by atoms with Gasteiger partial charge in [0, 0.05) is 18.8 Å². The van der Waals surface area contributed by atoms with Crippen LogP contribution in [0.2, 0.25) is 0 Å². The Bertz CT molecular complexity index is 364. The molecule has 0 amide bonds. The van der Waals surface area contributed by atoms with Crippen LogP contribution in [0, 0.1) is 11.8 Å². The van der Waals surface area contributed by atoms with E-state index >= 15 is 0 Å². The number of aliphatic hydroxyl groups is 7. The lowest BCUT2D eigenvalue weighted by Crippen LogP contribution is -2.59. The lowest BCUT2D eigenvalue weighted by Gasteiger charge is -2.45. The molecular formula is C15H27O6+. The summed E-state index contributed by atoms with van der Waals surface area (Å²) in [6.45, 7) is 0. The van der Waals surface area contributed by atoms with Crippen LogP contribution in [0.4, 0.5) is 0 Å². The molecule has 2 aliphatic carbocycles. The smallest absolute Gasteiger partial charge is 0.189 e. The zero-order valence-corrected chi connectivity index (χ0v) is 12.1. The van der Waals surface area contributed by atoms with E-state index in [1.165, 1.54) is 0 Å². The van der Waals surface area contributed by atoms with E-state index in [-0.39, 0.29) is 24.4 Å². The summed E-state index contributed by atoms with van der Waals surface area (Å²) in [7, 11) is 0. The molecule has 6 nitrogen and oxygen atoms in total. The maximum atomic E-state index is 10.2. The number of ether oxygens (including phenoxy) is 1. The van der Waals surface area contributed by atoms with Gasteiger partial charge in [-0.25, -0.2) is 0 Å². The van der Waals surface area contributed by atoms with Crippen molar-refractivity contribution >= 4 is 0 Å². The second kappa shape index (κ2) is 6.10. The van der Waals surface area contributed by atoms with Crippen LogP contribution in [0.3, 0.4) is 0 Å². The number of fused-ring (bicyclic) bond motifs is 1. The van der Waals surface area contributed by atoms with Crippen LogP contribution in [-0.4, -0.2) is 73.0 Å². The Hall–Kier alpha value is -0.240. The molecule has 122 valence electrons. The third kappa shape index (κ3) is 2.98. The van der Waals surface area contributed by atoms with Crippen molar-refractivity contribution < 1.29 is 30.3 Å². The predicted molar refractivity (Wildman–Crippen MR) is 74.5 cm³/mol. The van der Waals surface area contributed by atoms with Gasteiger partial charge < -0.3 is 30.3 Å². The number of rotatable bonds is 1. The maximum absolute atomic E-state index is 10.2. The number of hydrogen-bond acceptors (Lipinski definition) is 5. The molecule has 0 bridgehead atoms. The molecule has 3 rings (SSSR count). The number of aliphatic hydroxyl groups excluding tert-OH is 5. The lowest BCUT2D eigenvalue weighted by atomic mass is 9.73. The van der Waals surface area contributed by atoms with E-state index in [1.54, 1.807) is 0 Å². The minimum Gasteiger partial charge on any atom is -0.427 e. The average molecular weight is 303 g/mol. The van der Waals surface area contributed by atoms with Crippen molar-refractivity contribution in [3.05, 3.63) is 0 Å². The quantitative estimate of drug-likeness (QED) is 0.385. The molecular weight excluding hydrogens is 276 g/mol. The number of hydrogen-bond donors (Lipinski definition) is 5. The van der Waals surface area contributed by atoms with Gasteiger partial charge in [-0.15, -0.1) is 0 Å². The summed E-state index contributed by atoms with van der Waals surface area (Å²) < 4.78 is 4.71. The van der Waals surface area contributed by atoms with E-state index in [0.29, 0.717) is 12.8 Å². The first-order chi connectivity index (χ1) is 9.97. The summed E-state index contributed by atoms with van der Waals surface area (Å²) in [5.74, 6) is 0.145. The van der Waals surface area contributed by atoms with Gasteiger partial charge in [-0.05, 0) is 25.7 Å². The standard InChI is InChI=1S/C15H26O6/c16-9-3-1-7(5-11(9)18)13-4-2-8-10(17)6-12(19)14(20)15(8)21-13/h7-20H,1-6H2/p+1. The molecule has 6 heteroatoms. The second-order valence-corrected chi connectivity index (χ2v) is 7.02. The van der Waals surface area contributed by atoms with Crippen LogP contribution in [0.15, 0.2) is 0 Å². The molecule has 0 spiro atoms. The summed E-state index contributed by atoms with van der Waals surface area (Å²) in [6, 6.07) is 0. The van der Waals surface area contributed by atoms with Crippen molar-refractivity contribution in [2.75, 3.05) is 0 Å². The van der Waals surface area contributed by atoms with Crippen LogP contribution < -0.4 is 0 Å². The summed E-state index contributed by atoms with van der Waals surface area (Å²) in [4.78, 5) is 0.